The fraction of sp³-hybridized carbons (Fsp3) is 0.350. The molecule has 1 aromatic carbocycles. The number of nitrogens with one attached hydrogen (secondary N) is 1. The van der Waals surface area contributed by atoms with Gasteiger partial charge in [0.15, 0.2) is 5.75 Å². The summed E-state index contributed by atoms with van der Waals surface area (Å²) in [5.74, 6) is -0.534. The SMILES string of the molecule is O=C(CCN1C(=O)C(c2ccccc2)Oc2ccc([N+](=O)[O-])nc21)N1CCNCC1. The summed E-state index contributed by atoms with van der Waals surface area (Å²) in [4.78, 5) is 43.4. The minimum atomic E-state index is -0.906. The number of benzene rings is 1. The van der Waals surface area contributed by atoms with Crippen molar-refractivity contribution in [3.8, 4) is 5.75 Å². The number of fused-ring (bicyclic) bond motifs is 1. The maximum Gasteiger partial charge on any atom is 0.366 e. The number of aromatic nitrogens is 1. The molecule has 1 N–H and O–H groups in total. The van der Waals surface area contributed by atoms with E-state index in [1.54, 1.807) is 29.2 Å². The van der Waals surface area contributed by atoms with Crippen LogP contribution in [-0.2, 0) is 9.59 Å². The monoisotopic (exact) mass is 411 g/mol. The van der Waals surface area contributed by atoms with Gasteiger partial charge in [0.1, 0.15) is 0 Å². The molecule has 10 nitrogen and oxygen atoms in total. The van der Waals surface area contributed by atoms with Crippen molar-refractivity contribution in [2.45, 2.75) is 12.5 Å². The zero-order valence-corrected chi connectivity index (χ0v) is 16.2. The van der Waals surface area contributed by atoms with Crippen molar-refractivity contribution in [1.82, 2.24) is 15.2 Å². The zero-order chi connectivity index (χ0) is 21.1. The predicted octanol–water partition coefficient (Wildman–Crippen LogP) is 1.28. The van der Waals surface area contributed by atoms with Gasteiger partial charge < -0.3 is 25.1 Å². The van der Waals surface area contributed by atoms with E-state index in [-0.39, 0.29) is 36.3 Å². The number of nitro groups is 1. The zero-order valence-electron chi connectivity index (χ0n) is 16.2. The Morgan fingerprint density at radius 2 is 1.93 bits per heavy atom. The molecule has 3 heterocycles. The molecular weight excluding hydrogens is 390 g/mol. The molecule has 2 aliphatic rings. The summed E-state index contributed by atoms with van der Waals surface area (Å²) in [7, 11) is 0. The van der Waals surface area contributed by atoms with E-state index in [0.717, 1.165) is 13.1 Å². The molecule has 1 fully saturated rings. The molecule has 0 saturated carbocycles. The van der Waals surface area contributed by atoms with Crippen LogP contribution in [0.15, 0.2) is 42.5 Å². The van der Waals surface area contributed by atoms with E-state index in [0.29, 0.717) is 18.7 Å². The maximum absolute atomic E-state index is 13.2. The highest BCUT2D eigenvalue weighted by atomic mass is 16.6. The normalized spacial score (nSPS) is 18.5. The highest BCUT2D eigenvalue weighted by Crippen LogP contribution is 2.38. The average Bonchev–Trinajstić information content (AvgIpc) is 2.78. The molecule has 1 aromatic heterocycles. The first-order chi connectivity index (χ1) is 14.5. The minimum absolute atomic E-state index is 0.0643. The molecule has 4 rings (SSSR count). The lowest BCUT2D eigenvalue weighted by atomic mass is 10.1. The Morgan fingerprint density at radius 1 is 1.20 bits per heavy atom. The van der Waals surface area contributed by atoms with E-state index >= 15 is 0 Å². The van der Waals surface area contributed by atoms with Crippen LogP contribution in [0.4, 0.5) is 11.6 Å². The van der Waals surface area contributed by atoms with Crippen molar-refractivity contribution in [3.05, 3.63) is 58.1 Å². The van der Waals surface area contributed by atoms with Gasteiger partial charge in [0.05, 0.1) is 0 Å². The van der Waals surface area contributed by atoms with Crippen molar-refractivity contribution >= 4 is 23.5 Å². The summed E-state index contributed by atoms with van der Waals surface area (Å²) < 4.78 is 5.84. The summed E-state index contributed by atoms with van der Waals surface area (Å²) in [5.41, 5.74) is 0.657. The second-order valence-corrected chi connectivity index (χ2v) is 7.03. The number of nitrogens with zero attached hydrogens (tertiary/aromatic N) is 4. The van der Waals surface area contributed by atoms with Crippen LogP contribution in [0, 0.1) is 10.1 Å². The number of pyridine rings is 1. The molecule has 30 heavy (non-hydrogen) atoms. The third-order valence-corrected chi connectivity index (χ3v) is 5.12. The van der Waals surface area contributed by atoms with Gasteiger partial charge in [-0.05, 0) is 16.0 Å². The van der Waals surface area contributed by atoms with Crippen LogP contribution in [0.5, 0.6) is 5.75 Å². The quantitative estimate of drug-likeness (QED) is 0.582. The number of carbonyl (C=O) groups is 2. The molecule has 1 saturated heterocycles. The molecule has 1 atom stereocenters. The van der Waals surface area contributed by atoms with Crippen LogP contribution in [0.3, 0.4) is 0 Å². The van der Waals surface area contributed by atoms with E-state index in [1.807, 2.05) is 6.07 Å². The fourth-order valence-electron chi connectivity index (χ4n) is 3.57. The van der Waals surface area contributed by atoms with Crippen LogP contribution < -0.4 is 15.0 Å². The third kappa shape index (κ3) is 3.94. The third-order valence-electron chi connectivity index (χ3n) is 5.12. The molecule has 10 heteroatoms. The van der Waals surface area contributed by atoms with Gasteiger partial charge in [0.25, 0.3) is 11.7 Å². The molecule has 0 bridgehead atoms. The van der Waals surface area contributed by atoms with Crippen LogP contribution >= 0.6 is 0 Å². The summed E-state index contributed by atoms with van der Waals surface area (Å²) in [6.45, 7) is 2.75. The molecule has 156 valence electrons. The van der Waals surface area contributed by atoms with Gasteiger partial charge in [-0.15, -0.1) is 0 Å². The Bertz CT molecular complexity index is 961. The van der Waals surface area contributed by atoms with Crippen molar-refractivity contribution < 1.29 is 19.2 Å². The van der Waals surface area contributed by atoms with E-state index in [2.05, 4.69) is 10.3 Å². The summed E-state index contributed by atoms with van der Waals surface area (Å²) in [5, 5.41) is 14.4. The largest absolute Gasteiger partial charge is 0.469 e. The smallest absolute Gasteiger partial charge is 0.366 e. The van der Waals surface area contributed by atoms with Crippen LogP contribution in [-0.4, -0.2) is 59.3 Å². The topological polar surface area (TPSA) is 118 Å². The Kier molecular flexibility index (Phi) is 5.57. The summed E-state index contributed by atoms with van der Waals surface area (Å²) in [6.07, 6.45) is -0.812. The first-order valence-corrected chi connectivity index (χ1v) is 9.71. The number of hydrogen-bond acceptors (Lipinski definition) is 7. The molecule has 0 spiro atoms. The first kappa shape index (κ1) is 19.8. The second kappa shape index (κ2) is 8.46. The van der Waals surface area contributed by atoms with E-state index in [1.165, 1.54) is 17.0 Å². The van der Waals surface area contributed by atoms with Crippen LogP contribution in [0.1, 0.15) is 18.1 Å². The number of amides is 2. The molecule has 0 aliphatic carbocycles. The van der Waals surface area contributed by atoms with E-state index < -0.39 is 16.9 Å². The Morgan fingerprint density at radius 3 is 2.63 bits per heavy atom. The van der Waals surface area contributed by atoms with Crippen molar-refractivity contribution in [1.29, 1.82) is 0 Å². The van der Waals surface area contributed by atoms with E-state index in [4.69, 9.17) is 4.74 Å². The number of ether oxygens (including phenoxy) is 1. The van der Waals surface area contributed by atoms with Crippen LogP contribution in [0.2, 0.25) is 0 Å². The molecule has 2 amide bonds. The van der Waals surface area contributed by atoms with Gasteiger partial charge in [-0.3, -0.25) is 14.5 Å². The molecule has 2 aromatic rings. The highest BCUT2D eigenvalue weighted by Gasteiger charge is 2.40. The summed E-state index contributed by atoms with van der Waals surface area (Å²) in [6, 6.07) is 11.7. The molecular formula is C20H21N5O5. The summed E-state index contributed by atoms with van der Waals surface area (Å²) >= 11 is 0. The standard InChI is InChI=1S/C20H21N5O5/c26-17(23-12-9-21-10-13-23)8-11-24-19-15(6-7-16(22-19)25(28)29)30-18(20(24)27)14-4-2-1-3-5-14/h1-7,18,21H,8-13H2. The van der Waals surface area contributed by atoms with Gasteiger partial charge in [-0.1, -0.05) is 30.3 Å². The molecule has 0 radical (unpaired) electrons. The van der Waals surface area contributed by atoms with Gasteiger partial charge in [0, 0.05) is 50.8 Å². The lowest BCUT2D eigenvalue weighted by Gasteiger charge is -2.32. The number of carbonyl (C=O) groups excluding carboxylic acids is 2. The lowest BCUT2D eigenvalue weighted by molar-refractivity contribution is -0.389. The van der Waals surface area contributed by atoms with Crippen LogP contribution in [0.25, 0.3) is 0 Å². The molecule has 1 unspecified atom stereocenters. The lowest BCUT2D eigenvalue weighted by Crippen LogP contribution is -2.48. The minimum Gasteiger partial charge on any atom is -0.469 e. The second-order valence-electron chi connectivity index (χ2n) is 7.03. The number of rotatable bonds is 5. The number of piperazine rings is 1. The van der Waals surface area contributed by atoms with Gasteiger partial charge >= 0.3 is 5.82 Å². The first-order valence-electron chi connectivity index (χ1n) is 9.71. The Hall–Kier alpha value is -3.53. The number of hydrogen-bond donors (Lipinski definition) is 1. The average molecular weight is 411 g/mol. The maximum atomic E-state index is 13.2. The predicted molar refractivity (Wildman–Crippen MR) is 107 cm³/mol. The van der Waals surface area contributed by atoms with E-state index in [9.17, 15) is 19.7 Å². The Labute approximate surface area is 172 Å². The molecule has 2 aliphatic heterocycles. The fourth-order valence-corrected chi connectivity index (χ4v) is 3.57. The van der Waals surface area contributed by atoms with Gasteiger partial charge in [0.2, 0.25) is 12.0 Å². The Balaban J connectivity index is 1.61. The van der Waals surface area contributed by atoms with Gasteiger partial charge in [-0.25, -0.2) is 0 Å². The van der Waals surface area contributed by atoms with Gasteiger partial charge in [-0.2, -0.15) is 0 Å². The van der Waals surface area contributed by atoms with Crippen molar-refractivity contribution in [2.75, 3.05) is 37.6 Å². The van der Waals surface area contributed by atoms with Crippen molar-refractivity contribution in [3.63, 3.8) is 0 Å². The number of anilines is 1. The van der Waals surface area contributed by atoms with Crippen molar-refractivity contribution in [2.24, 2.45) is 0 Å². The highest BCUT2D eigenvalue weighted by molar-refractivity contribution is 6.00.